The van der Waals surface area contributed by atoms with Crippen molar-refractivity contribution in [3.63, 3.8) is 0 Å². The van der Waals surface area contributed by atoms with Crippen molar-refractivity contribution in [3.05, 3.63) is 47.8 Å². The molecular weight excluding hydrogens is 139 g/mol. The average molecular weight is 150 g/mol. The van der Waals surface area contributed by atoms with Crippen molar-refractivity contribution in [2.45, 2.75) is 13.3 Å². The molecule has 0 fully saturated rings. The molecule has 0 saturated heterocycles. The molecule has 1 aromatic carbocycles. The lowest BCUT2D eigenvalue weighted by Crippen LogP contribution is -1.83. The van der Waals surface area contributed by atoms with Gasteiger partial charge in [-0.1, -0.05) is 36.4 Å². The summed E-state index contributed by atoms with van der Waals surface area (Å²) in [5.74, 6) is -0.283. The molecule has 1 rings (SSSR count). The minimum absolute atomic E-state index is 0.283. The molecule has 0 amide bonds. The maximum atomic E-state index is 12.3. The van der Waals surface area contributed by atoms with Crippen molar-refractivity contribution in [3.8, 4) is 0 Å². The molecule has 0 nitrogen and oxygen atoms in total. The Bertz CT molecular complexity index is 246. The van der Waals surface area contributed by atoms with Crippen LogP contribution in [0.1, 0.15) is 11.1 Å². The summed E-state index contributed by atoms with van der Waals surface area (Å²) in [4.78, 5) is 0. The summed E-state index contributed by atoms with van der Waals surface area (Å²) in [6, 6.07) is 7.77. The second-order valence-electron chi connectivity index (χ2n) is 2.68. The fraction of sp³-hybridized carbons (Fsp3) is 0.200. The molecule has 0 unspecified atom stereocenters. The van der Waals surface area contributed by atoms with E-state index in [4.69, 9.17) is 0 Å². The van der Waals surface area contributed by atoms with Crippen LogP contribution in [0.2, 0.25) is 0 Å². The van der Waals surface area contributed by atoms with Crippen LogP contribution in [-0.2, 0) is 6.42 Å². The molecule has 11 heavy (non-hydrogen) atoms. The highest BCUT2D eigenvalue weighted by Crippen LogP contribution is 2.08. The standard InChI is InChI=1S/C10H11F/c1-8-3-5-10(6-4-8)7-9(2)11/h3-6H,2,7H2,1H3. The molecule has 0 aliphatic carbocycles. The van der Waals surface area contributed by atoms with E-state index in [0.717, 1.165) is 5.56 Å². The van der Waals surface area contributed by atoms with Gasteiger partial charge in [0.1, 0.15) is 0 Å². The Kier molecular flexibility index (Phi) is 2.42. The summed E-state index contributed by atoms with van der Waals surface area (Å²) in [5.41, 5.74) is 2.17. The molecule has 0 bridgehead atoms. The van der Waals surface area contributed by atoms with Gasteiger partial charge < -0.3 is 0 Å². The van der Waals surface area contributed by atoms with Gasteiger partial charge in [0, 0.05) is 6.42 Å². The third-order valence-corrected chi connectivity index (χ3v) is 1.52. The van der Waals surface area contributed by atoms with Gasteiger partial charge >= 0.3 is 0 Å². The number of hydrogen-bond acceptors (Lipinski definition) is 0. The van der Waals surface area contributed by atoms with E-state index in [1.807, 2.05) is 31.2 Å². The highest BCUT2D eigenvalue weighted by molar-refractivity contribution is 5.23. The van der Waals surface area contributed by atoms with Crippen LogP contribution in [0.4, 0.5) is 4.39 Å². The van der Waals surface area contributed by atoms with Crippen LogP contribution >= 0.6 is 0 Å². The van der Waals surface area contributed by atoms with Gasteiger partial charge in [-0.2, -0.15) is 0 Å². The Morgan fingerprint density at radius 1 is 1.36 bits per heavy atom. The molecule has 0 aliphatic heterocycles. The molecule has 0 heterocycles. The van der Waals surface area contributed by atoms with Crippen LogP contribution in [0.5, 0.6) is 0 Å². The number of aryl methyl sites for hydroxylation is 1. The van der Waals surface area contributed by atoms with Gasteiger partial charge in [0.15, 0.2) is 0 Å². The van der Waals surface area contributed by atoms with Crippen LogP contribution in [0, 0.1) is 6.92 Å². The van der Waals surface area contributed by atoms with Gasteiger partial charge in [0.05, 0.1) is 5.83 Å². The molecule has 0 atom stereocenters. The predicted octanol–water partition coefficient (Wildman–Crippen LogP) is 3.02. The molecular formula is C10H11F. The van der Waals surface area contributed by atoms with Crippen LogP contribution < -0.4 is 0 Å². The van der Waals surface area contributed by atoms with Crippen LogP contribution in [0.25, 0.3) is 0 Å². The summed E-state index contributed by atoms with van der Waals surface area (Å²) in [7, 11) is 0. The number of allylic oxidation sites excluding steroid dienone is 1. The molecule has 0 aliphatic rings. The van der Waals surface area contributed by atoms with Gasteiger partial charge in [0.2, 0.25) is 0 Å². The van der Waals surface area contributed by atoms with Gasteiger partial charge in [-0.3, -0.25) is 0 Å². The van der Waals surface area contributed by atoms with E-state index in [0.29, 0.717) is 6.42 Å². The molecule has 0 N–H and O–H groups in total. The van der Waals surface area contributed by atoms with E-state index in [1.54, 1.807) is 0 Å². The third kappa shape index (κ3) is 2.54. The minimum Gasteiger partial charge on any atom is -0.212 e. The second kappa shape index (κ2) is 3.33. The fourth-order valence-electron chi connectivity index (χ4n) is 0.927. The van der Waals surface area contributed by atoms with E-state index in [2.05, 4.69) is 6.58 Å². The SMILES string of the molecule is C=C(F)Cc1ccc(C)cc1. The quantitative estimate of drug-likeness (QED) is 0.608. The van der Waals surface area contributed by atoms with Crippen molar-refractivity contribution < 1.29 is 4.39 Å². The van der Waals surface area contributed by atoms with Crippen LogP contribution in [0.3, 0.4) is 0 Å². The van der Waals surface area contributed by atoms with E-state index in [1.165, 1.54) is 5.56 Å². The maximum absolute atomic E-state index is 12.3. The number of hydrogen-bond donors (Lipinski definition) is 0. The van der Waals surface area contributed by atoms with Crippen LogP contribution in [0.15, 0.2) is 36.7 Å². The van der Waals surface area contributed by atoms with Crippen LogP contribution in [-0.4, -0.2) is 0 Å². The van der Waals surface area contributed by atoms with Gasteiger partial charge in [0.25, 0.3) is 0 Å². The molecule has 1 heteroatoms. The fourth-order valence-corrected chi connectivity index (χ4v) is 0.927. The predicted molar refractivity (Wildman–Crippen MR) is 45.1 cm³/mol. The van der Waals surface area contributed by atoms with Crippen molar-refractivity contribution >= 4 is 0 Å². The lowest BCUT2D eigenvalue weighted by molar-refractivity contribution is 0.617. The highest BCUT2D eigenvalue weighted by atomic mass is 19.1. The summed E-state index contributed by atoms with van der Waals surface area (Å²) in [6.45, 7) is 5.21. The summed E-state index contributed by atoms with van der Waals surface area (Å²) >= 11 is 0. The first-order valence-electron chi connectivity index (χ1n) is 3.57. The Labute approximate surface area is 66.4 Å². The number of halogens is 1. The van der Waals surface area contributed by atoms with Gasteiger partial charge in [-0.25, -0.2) is 4.39 Å². The summed E-state index contributed by atoms with van der Waals surface area (Å²) in [5, 5.41) is 0. The normalized spacial score (nSPS) is 9.64. The zero-order valence-corrected chi connectivity index (χ0v) is 6.60. The van der Waals surface area contributed by atoms with Crippen molar-refractivity contribution in [2.75, 3.05) is 0 Å². The Balaban J connectivity index is 2.74. The van der Waals surface area contributed by atoms with Crippen molar-refractivity contribution in [2.24, 2.45) is 0 Å². The van der Waals surface area contributed by atoms with Crippen molar-refractivity contribution in [1.82, 2.24) is 0 Å². The first kappa shape index (κ1) is 7.99. The Hall–Kier alpha value is -1.11. The van der Waals surface area contributed by atoms with Gasteiger partial charge in [-0.05, 0) is 12.5 Å². The van der Waals surface area contributed by atoms with E-state index >= 15 is 0 Å². The van der Waals surface area contributed by atoms with E-state index < -0.39 is 0 Å². The second-order valence-corrected chi connectivity index (χ2v) is 2.68. The Morgan fingerprint density at radius 2 is 1.91 bits per heavy atom. The number of rotatable bonds is 2. The average Bonchev–Trinajstić information content (AvgIpc) is 1.93. The minimum atomic E-state index is -0.283. The smallest absolute Gasteiger partial charge is 0.0971 e. The van der Waals surface area contributed by atoms with E-state index in [-0.39, 0.29) is 5.83 Å². The van der Waals surface area contributed by atoms with Crippen molar-refractivity contribution in [1.29, 1.82) is 0 Å². The maximum Gasteiger partial charge on any atom is 0.0971 e. The largest absolute Gasteiger partial charge is 0.212 e. The molecule has 0 radical (unpaired) electrons. The van der Waals surface area contributed by atoms with E-state index in [9.17, 15) is 4.39 Å². The monoisotopic (exact) mass is 150 g/mol. The Morgan fingerprint density at radius 3 is 2.36 bits per heavy atom. The topological polar surface area (TPSA) is 0 Å². The molecule has 0 saturated carbocycles. The number of benzene rings is 1. The first-order chi connectivity index (χ1) is 5.18. The van der Waals surface area contributed by atoms with Gasteiger partial charge in [-0.15, -0.1) is 0 Å². The third-order valence-electron chi connectivity index (χ3n) is 1.52. The first-order valence-corrected chi connectivity index (χ1v) is 3.57. The summed E-state index contributed by atoms with van der Waals surface area (Å²) in [6.07, 6.45) is 0.334. The highest BCUT2D eigenvalue weighted by Gasteiger charge is 1.93. The zero-order chi connectivity index (χ0) is 8.27. The zero-order valence-electron chi connectivity index (χ0n) is 6.60. The molecule has 0 spiro atoms. The molecule has 58 valence electrons. The molecule has 1 aromatic rings. The summed E-state index contributed by atoms with van der Waals surface area (Å²) < 4.78 is 12.3. The lowest BCUT2D eigenvalue weighted by Gasteiger charge is -1.97. The molecule has 0 aromatic heterocycles. The lowest BCUT2D eigenvalue weighted by atomic mass is 10.1.